The highest BCUT2D eigenvalue weighted by molar-refractivity contribution is 9.10. The second-order valence-corrected chi connectivity index (χ2v) is 6.71. The summed E-state index contributed by atoms with van der Waals surface area (Å²) in [5.74, 6) is -0.0503. The Bertz CT molecular complexity index is 486. The van der Waals surface area contributed by atoms with Crippen molar-refractivity contribution in [3.05, 3.63) is 28.2 Å². The van der Waals surface area contributed by atoms with Crippen LogP contribution >= 0.6 is 28.6 Å². The van der Waals surface area contributed by atoms with Crippen molar-refractivity contribution in [1.82, 2.24) is 10.2 Å². The second kappa shape index (κ2) is 5.85. The Kier molecular flexibility index (Phi) is 4.58. The van der Waals surface area contributed by atoms with Crippen molar-refractivity contribution >= 4 is 34.5 Å². The lowest BCUT2D eigenvalue weighted by Gasteiger charge is -2.47. The molecule has 1 N–H and O–H groups in total. The van der Waals surface area contributed by atoms with Gasteiger partial charge in [-0.05, 0) is 51.6 Å². The van der Waals surface area contributed by atoms with E-state index in [2.05, 4.69) is 52.9 Å². The lowest BCUT2D eigenvalue weighted by atomic mass is 9.75. The molecule has 2 rings (SSSR count). The normalized spacial score (nSPS) is 17.1. The fraction of sp³-hybridized carbons (Fsp3) is 0.500. The molecule has 0 heterocycles. The fourth-order valence-corrected chi connectivity index (χ4v) is 3.26. The maximum Gasteiger partial charge on any atom is 0.252 e. The molecular formula is C14H19BrN2OS. The van der Waals surface area contributed by atoms with Crippen LogP contribution in [0.4, 0.5) is 0 Å². The maximum atomic E-state index is 12.2. The van der Waals surface area contributed by atoms with E-state index in [0.29, 0.717) is 17.0 Å². The number of likely N-dealkylation sites (N-methyl/N-ethyl adjacent to an activating group) is 1. The summed E-state index contributed by atoms with van der Waals surface area (Å²) in [4.78, 5) is 15.1. The number of halogens is 1. The molecule has 0 saturated heterocycles. The molecule has 1 fully saturated rings. The number of nitrogens with one attached hydrogen (secondary N) is 1. The van der Waals surface area contributed by atoms with Crippen LogP contribution in [0.3, 0.4) is 0 Å². The number of thiol groups is 1. The SMILES string of the molecule is CN(C)C1(CNC(=O)c2ccc(Br)cc2S)CCC1. The van der Waals surface area contributed by atoms with Gasteiger partial charge in [-0.25, -0.2) is 0 Å². The van der Waals surface area contributed by atoms with E-state index in [0.717, 1.165) is 17.3 Å². The van der Waals surface area contributed by atoms with Gasteiger partial charge in [-0.2, -0.15) is 0 Å². The van der Waals surface area contributed by atoms with E-state index in [1.165, 1.54) is 6.42 Å². The summed E-state index contributed by atoms with van der Waals surface area (Å²) in [6, 6.07) is 5.49. The number of hydrogen-bond donors (Lipinski definition) is 2. The molecule has 1 saturated carbocycles. The first-order valence-corrected chi connectivity index (χ1v) is 7.63. The van der Waals surface area contributed by atoms with Gasteiger partial charge in [0.1, 0.15) is 0 Å². The van der Waals surface area contributed by atoms with E-state index in [-0.39, 0.29) is 11.4 Å². The van der Waals surface area contributed by atoms with Gasteiger partial charge in [0.2, 0.25) is 0 Å². The standard InChI is InChI=1S/C14H19BrN2OS/c1-17(2)14(6-3-7-14)9-16-13(18)11-5-4-10(15)8-12(11)19/h4-5,8,19H,3,6-7,9H2,1-2H3,(H,16,18). The predicted octanol–water partition coefficient (Wildman–Crippen LogP) is 2.95. The summed E-state index contributed by atoms with van der Waals surface area (Å²) < 4.78 is 0.929. The fourth-order valence-electron chi connectivity index (χ4n) is 2.40. The van der Waals surface area contributed by atoms with Crippen molar-refractivity contribution in [3.8, 4) is 0 Å². The van der Waals surface area contributed by atoms with Gasteiger partial charge in [0.15, 0.2) is 0 Å². The summed E-state index contributed by atoms with van der Waals surface area (Å²) in [6.45, 7) is 0.697. The van der Waals surface area contributed by atoms with Crippen molar-refractivity contribution in [2.24, 2.45) is 0 Å². The third-order valence-corrected chi connectivity index (χ3v) is 4.88. The molecule has 0 radical (unpaired) electrons. The molecular weight excluding hydrogens is 324 g/mol. The van der Waals surface area contributed by atoms with Gasteiger partial charge in [0, 0.05) is 21.5 Å². The lowest BCUT2D eigenvalue weighted by Crippen LogP contribution is -2.57. The molecule has 0 bridgehead atoms. The number of nitrogens with zero attached hydrogens (tertiary/aromatic N) is 1. The first-order chi connectivity index (χ1) is 8.94. The van der Waals surface area contributed by atoms with Gasteiger partial charge in [-0.1, -0.05) is 15.9 Å². The van der Waals surface area contributed by atoms with Crippen LogP contribution in [0.15, 0.2) is 27.6 Å². The molecule has 0 atom stereocenters. The molecule has 104 valence electrons. The summed E-state index contributed by atoms with van der Waals surface area (Å²) in [7, 11) is 4.16. The smallest absolute Gasteiger partial charge is 0.252 e. The number of carbonyl (C=O) groups is 1. The highest BCUT2D eigenvalue weighted by Gasteiger charge is 2.39. The monoisotopic (exact) mass is 342 g/mol. The van der Waals surface area contributed by atoms with Gasteiger partial charge < -0.3 is 10.2 Å². The molecule has 1 aromatic rings. The Balaban J connectivity index is 2.01. The molecule has 3 nitrogen and oxygen atoms in total. The first kappa shape index (κ1) is 14.9. The second-order valence-electron chi connectivity index (χ2n) is 5.32. The Morgan fingerprint density at radius 2 is 2.16 bits per heavy atom. The van der Waals surface area contributed by atoms with Crippen molar-refractivity contribution in [2.75, 3.05) is 20.6 Å². The average molecular weight is 343 g/mol. The molecule has 1 aliphatic rings. The average Bonchev–Trinajstić information content (AvgIpc) is 2.26. The zero-order valence-corrected chi connectivity index (χ0v) is 13.7. The number of rotatable bonds is 4. The first-order valence-electron chi connectivity index (χ1n) is 6.39. The molecule has 0 aliphatic heterocycles. The third-order valence-electron chi connectivity index (χ3n) is 4.02. The van der Waals surface area contributed by atoms with Crippen LogP contribution < -0.4 is 5.32 Å². The third kappa shape index (κ3) is 3.15. The molecule has 0 aromatic heterocycles. The predicted molar refractivity (Wildman–Crippen MR) is 84.0 cm³/mol. The van der Waals surface area contributed by atoms with Crippen molar-refractivity contribution < 1.29 is 4.79 Å². The van der Waals surface area contributed by atoms with Gasteiger partial charge >= 0.3 is 0 Å². The quantitative estimate of drug-likeness (QED) is 0.824. The molecule has 1 aromatic carbocycles. The van der Waals surface area contributed by atoms with Gasteiger partial charge in [-0.3, -0.25) is 4.79 Å². The molecule has 1 amide bonds. The Labute approximate surface area is 128 Å². The van der Waals surface area contributed by atoms with Gasteiger partial charge in [0.25, 0.3) is 5.91 Å². The minimum Gasteiger partial charge on any atom is -0.350 e. The summed E-state index contributed by atoms with van der Waals surface area (Å²) >= 11 is 7.72. The van der Waals surface area contributed by atoms with Crippen LogP contribution in [-0.2, 0) is 0 Å². The summed E-state index contributed by atoms with van der Waals surface area (Å²) in [5, 5.41) is 3.04. The molecule has 0 spiro atoms. The van der Waals surface area contributed by atoms with Crippen LogP contribution in [0.2, 0.25) is 0 Å². The van der Waals surface area contributed by atoms with E-state index in [4.69, 9.17) is 0 Å². The zero-order chi connectivity index (χ0) is 14.0. The molecule has 5 heteroatoms. The van der Waals surface area contributed by atoms with E-state index in [9.17, 15) is 4.79 Å². The zero-order valence-electron chi connectivity index (χ0n) is 11.2. The van der Waals surface area contributed by atoms with Crippen molar-refractivity contribution in [3.63, 3.8) is 0 Å². The number of hydrogen-bond acceptors (Lipinski definition) is 3. The largest absolute Gasteiger partial charge is 0.350 e. The maximum absolute atomic E-state index is 12.2. The van der Waals surface area contributed by atoms with Crippen molar-refractivity contribution in [1.29, 1.82) is 0 Å². The highest BCUT2D eigenvalue weighted by Crippen LogP contribution is 2.35. The Morgan fingerprint density at radius 3 is 2.63 bits per heavy atom. The minimum absolute atomic E-state index is 0.0503. The lowest BCUT2D eigenvalue weighted by molar-refractivity contribution is 0.0557. The summed E-state index contributed by atoms with van der Waals surface area (Å²) in [5.41, 5.74) is 0.765. The number of benzene rings is 1. The van der Waals surface area contributed by atoms with E-state index in [1.54, 1.807) is 6.07 Å². The molecule has 1 aliphatic carbocycles. The van der Waals surface area contributed by atoms with E-state index in [1.807, 2.05) is 12.1 Å². The Morgan fingerprint density at radius 1 is 1.47 bits per heavy atom. The van der Waals surface area contributed by atoms with E-state index >= 15 is 0 Å². The van der Waals surface area contributed by atoms with Crippen LogP contribution in [0.5, 0.6) is 0 Å². The minimum atomic E-state index is -0.0503. The van der Waals surface area contributed by atoms with Crippen LogP contribution in [-0.4, -0.2) is 37.0 Å². The highest BCUT2D eigenvalue weighted by atomic mass is 79.9. The summed E-state index contributed by atoms with van der Waals surface area (Å²) in [6.07, 6.45) is 3.53. The van der Waals surface area contributed by atoms with E-state index < -0.39 is 0 Å². The topological polar surface area (TPSA) is 32.3 Å². The number of amides is 1. The van der Waals surface area contributed by atoms with Gasteiger partial charge in [-0.15, -0.1) is 12.6 Å². The van der Waals surface area contributed by atoms with Crippen LogP contribution in [0.25, 0.3) is 0 Å². The molecule has 19 heavy (non-hydrogen) atoms. The Hall–Kier alpha value is -0.520. The van der Waals surface area contributed by atoms with Crippen molar-refractivity contribution in [2.45, 2.75) is 29.7 Å². The van der Waals surface area contributed by atoms with Crippen LogP contribution in [0.1, 0.15) is 29.6 Å². The number of carbonyl (C=O) groups excluding carboxylic acids is 1. The van der Waals surface area contributed by atoms with Crippen LogP contribution in [0, 0.1) is 0 Å². The van der Waals surface area contributed by atoms with Gasteiger partial charge in [0.05, 0.1) is 5.56 Å². The molecule has 0 unspecified atom stereocenters.